The van der Waals surface area contributed by atoms with Gasteiger partial charge in [0, 0.05) is 19.3 Å². The van der Waals surface area contributed by atoms with Crippen LogP contribution in [0.5, 0.6) is 0 Å². The molecule has 0 bridgehead atoms. The van der Waals surface area contributed by atoms with Crippen LogP contribution in [0.3, 0.4) is 0 Å². The van der Waals surface area contributed by atoms with Crippen molar-refractivity contribution in [1.82, 2.24) is 0 Å². The van der Waals surface area contributed by atoms with Gasteiger partial charge in [0.2, 0.25) is 0 Å². The van der Waals surface area contributed by atoms with Crippen LogP contribution in [0.4, 0.5) is 0 Å². The van der Waals surface area contributed by atoms with Crippen LogP contribution in [-0.2, 0) is 28.6 Å². The summed E-state index contributed by atoms with van der Waals surface area (Å²) in [6.07, 6.45) is 73.2. The Kier molecular flexibility index (Phi) is 50.0. The van der Waals surface area contributed by atoms with Gasteiger partial charge in [0.25, 0.3) is 0 Å². The van der Waals surface area contributed by atoms with E-state index in [-0.39, 0.29) is 31.1 Å². The van der Waals surface area contributed by atoms with Crippen molar-refractivity contribution in [2.75, 3.05) is 13.2 Å². The van der Waals surface area contributed by atoms with Crippen molar-refractivity contribution in [3.63, 3.8) is 0 Å². The first-order valence-electron chi connectivity index (χ1n) is 26.6. The molecule has 0 amide bonds. The summed E-state index contributed by atoms with van der Waals surface area (Å²) in [5, 5.41) is 0. The Labute approximate surface area is 405 Å². The zero-order valence-corrected chi connectivity index (χ0v) is 42.4. The van der Waals surface area contributed by atoms with Gasteiger partial charge in [0.15, 0.2) is 6.10 Å². The number of ether oxygens (including phenoxy) is 3. The average Bonchev–Trinajstić information content (AvgIpc) is 3.31. The van der Waals surface area contributed by atoms with Crippen molar-refractivity contribution in [2.45, 2.75) is 226 Å². The largest absolute Gasteiger partial charge is 0.462 e. The molecule has 0 saturated carbocycles. The summed E-state index contributed by atoms with van der Waals surface area (Å²) < 4.78 is 16.8. The zero-order valence-electron chi connectivity index (χ0n) is 42.4. The topological polar surface area (TPSA) is 78.9 Å². The quantitative estimate of drug-likeness (QED) is 0.0199. The molecule has 0 aliphatic carbocycles. The van der Waals surface area contributed by atoms with Gasteiger partial charge in [-0.05, 0) is 122 Å². The highest BCUT2D eigenvalue weighted by Gasteiger charge is 2.19. The highest BCUT2D eigenvalue weighted by Crippen LogP contribution is 2.13. The van der Waals surface area contributed by atoms with Crippen molar-refractivity contribution in [3.05, 3.63) is 122 Å². The predicted molar refractivity (Wildman–Crippen MR) is 283 cm³/mol. The lowest BCUT2D eigenvalue weighted by Crippen LogP contribution is -2.30. The third kappa shape index (κ3) is 50.8. The molecule has 6 heteroatoms. The first-order valence-corrected chi connectivity index (χ1v) is 26.6. The number of hydrogen-bond donors (Lipinski definition) is 0. The molecule has 66 heavy (non-hydrogen) atoms. The van der Waals surface area contributed by atoms with Gasteiger partial charge >= 0.3 is 17.9 Å². The predicted octanol–water partition coefficient (Wildman–Crippen LogP) is 17.7. The minimum atomic E-state index is -0.811. The van der Waals surface area contributed by atoms with E-state index in [1.165, 1.54) is 32.1 Å². The molecule has 0 saturated heterocycles. The summed E-state index contributed by atoms with van der Waals surface area (Å²) in [4.78, 5) is 38.0. The molecule has 0 fully saturated rings. The summed E-state index contributed by atoms with van der Waals surface area (Å²) in [5.41, 5.74) is 0. The summed E-state index contributed by atoms with van der Waals surface area (Å²) in [6, 6.07) is 0. The monoisotopic (exact) mass is 913 g/mol. The van der Waals surface area contributed by atoms with E-state index in [9.17, 15) is 14.4 Å². The molecule has 0 radical (unpaired) electrons. The molecule has 1 unspecified atom stereocenters. The van der Waals surface area contributed by atoms with Gasteiger partial charge in [-0.15, -0.1) is 0 Å². The molecule has 0 aromatic carbocycles. The van der Waals surface area contributed by atoms with Crippen LogP contribution in [0.15, 0.2) is 122 Å². The molecular weight excluding hydrogens is 817 g/mol. The van der Waals surface area contributed by atoms with Crippen LogP contribution in [0.2, 0.25) is 0 Å². The lowest BCUT2D eigenvalue weighted by molar-refractivity contribution is -0.167. The van der Waals surface area contributed by atoms with E-state index >= 15 is 0 Å². The molecule has 6 nitrogen and oxygen atoms in total. The first-order chi connectivity index (χ1) is 32.5. The normalized spacial score (nSPS) is 13.1. The van der Waals surface area contributed by atoms with E-state index in [0.717, 1.165) is 148 Å². The molecule has 0 heterocycles. The van der Waals surface area contributed by atoms with Crippen LogP contribution in [0.25, 0.3) is 0 Å². The van der Waals surface area contributed by atoms with Crippen molar-refractivity contribution in [2.24, 2.45) is 0 Å². The number of esters is 3. The Bertz CT molecular complexity index is 1420. The van der Waals surface area contributed by atoms with Crippen molar-refractivity contribution in [3.8, 4) is 0 Å². The Balaban J connectivity index is 4.52. The third-order valence-corrected chi connectivity index (χ3v) is 10.7. The number of allylic oxidation sites excluding steroid dienone is 20. The Hall–Kier alpha value is -4.19. The van der Waals surface area contributed by atoms with Gasteiger partial charge in [-0.2, -0.15) is 0 Å². The van der Waals surface area contributed by atoms with Gasteiger partial charge in [-0.3, -0.25) is 14.4 Å². The van der Waals surface area contributed by atoms with Crippen LogP contribution in [0, 0.1) is 0 Å². The first kappa shape index (κ1) is 61.8. The standard InChI is InChI=1S/C60H96O6/c1-4-7-10-13-16-19-22-25-28-29-30-31-33-35-38-41-44-47-50-53-59(62)65-56-57(55-64-58(61)52-49-46-43-40-37-34-27-24-21-18-15-12-9-6-3)66-60(63)54-51-48-45-42-39-36-32-26-23-20-17-14-11-8-5-2/h7,9-10,12,16-21,23,25-28,30-31,34-35,38,57H,4-6,8,11,13-15,22,24,29,32-33,36-37,39-56H2,1-3H3/b10-7-,12-9-,19-16-,20-17-,21-18-,26-23-,28-25-,31-30-,34-27-,38-35-. The fourth-order valence-electron chi connectivity index (χ4n) is 6.77. The molecule has 1 atom stereocenters. The van der Waals surface area contributed by atoms with E-state index in [2.05, 4.69) is 142 Å². The summed E-state index contributed by atoms with van der Waals surface area (Å²) in [6.45, 7) is 6.31. The molecule has 0 spiro atoms. The van der Waals surface area contributed by atoms with Gasteiger partial charge in [-0.1, -0.05) is 200 Å². The molecular formula is C60H96O6. The summed E-state index contributed by atoms with van der Waals surface area (Å²) in [7, 11) is 0. The van der Waals surface area contributed by atoms with Crippen molar-refractivity contribution >= 4 is 17.9 Å². The Morgan fingerprint density at radius 1 is 0.333 bits per heavy atom. The second kappa shape index (κ2) is 53.4. The molecule has 0 rings (SSSR count). The number of carbonyl (C=O) groups is 3. The Morgan fingerprint density at radius 2 is 0.636 bits per heavy atom. The summed E-state index contributed by atoms with van der Waals surface area (Å²) >= 11 is 0. The minimum absolute atomic E-state index is 0.109. The summed E-state index contributed by atoms with van der Waals surface area (Å²) in [5.74, 6) is -0.980. The van der Waals surface area contributed by atoms with E-state index in [4.69, 9.17) is 14.2 Å². The van der Waals surface area contributed by atoms with E-state index < -0.39 is 6.10 Å². The molecule has 0 aromatic heterocycles. The SMILES string of the molecule is CC/C=C\C/C=C\C/C=C\C/C=C\C/C=C\CCCCCC(=O)OCC(COC(=O)CCCCCC/C=C\C/C=C\C/C=C\CC)OC(=O)CCCCCCCC/C=C\C=C/CCCCC. The van der Waals surface area contributed by atoms with E-state index in [1.807, 2.05) is 0 Å². The molecule has 0 aliphatic rings. The molecule has 0 N–H and O–H groups in total. The van der Waals surface area contributed by atoms with E-state index in [0.29, 0.717) is 19.3 Å². The second-order valence-electron chi connectivity index (χ2n) is 17.0. The van der Waals surface area contributed by atoms with Gasteiger partial charge in [-0.25, -0.2) is 0 Å². The van der Waals surface area contributed by atoms with E-state index in [1.54, 1.807) is 0 Å². The van der Waals surface area contributed by atoms with Gasteiger partial charge in [0.05, 0.1) is 0 Å². The zero-order chi connectivity index (χ0) is 47.9. The maximum absolute atomic E-state index is 12.8. The number of rotatable bonds is 46. The highest BCUT2D eigenvalue weighted by molar-refractivity contribution is 5.71. The molecule has 372 valence electrons. The lowest BCUT2D eigenvalue weighted by Gasteiger charge is -2.18. The number of carbonyl (C=O) groups excluding carboxylic acids is 3. The Morgan fingerprint density at radius 3 is 1.03 bits per heavy atom. The van der Waals surface area contributed by atoms with Gasteiger partial charge in [0.1, 0.15) is 13.2 Å². The third-order valence-electron chi connectivity index (χ3n) is 10.7. The van der Waals surface area contributed by atoms with Gasteiger partial charge < -0.3 is 14.2 Å². The fraction of sp³-hybridized carbons (Fsp3) is 0.617. The minimum Gasteiger partial charge on any atom is -0.462 e. The maximum Gasteiger partial charge on any atom is 0.306 e. The number of unbranched alkanes of at least 4 members (excludes halogenated alkanes) is 16. The lowest BCUT2D eigenvalue weighted by atomic mass is 10.1. The second-order valence-corrected chi connectivity index (χ2v) is 17.0. The van der Waals surface area contributed by atoms with Crippen LogP contribution >= 0.6 is 0 Å². The maximum atomic E-state index is 12.8. The fourth-order valence-corrected chi connectivity index (χ4v) is 6.77. The molecule has 0 aromatic rings. The van der Waals surface area contributed by atoms with Crippen LogP contribution in [0.1, 0.15) is 220 Å². The number of hydrogen-bond acceptors (Lipinski definition) is 6. The van der Waals surface area contributed by atoms with Crippen LogP contribution < -0.4 is 0 Å². The highest BCUT2D eigenvalue weighted by atomic mass is 16.6. The van der Waals surface area contributed by atoms with Crippen molar-refractivity contribution in [1.29, 1.82) is 0 Å². The van der Waals surface area contributed by atoms with Crippen molar-refractivity contribution < 1.29 is 28.6 Å². The van der Waals surface area contributed by atoms with Crippen LogP contribution in [-0.4, -0.2) is 37.2 Å². The smallest absolute Gasteiger partial charge is 0.306 e. The average molecular weight is 913 g/mol. The molecule has 0 aliphatic heterocycles.